The van der Waals surface area contributed by atoms with Crippen molar-refractivity contribution < 1.29 is 38.8 Å². The average Bonchev–Trinajstić information content (AvgIpc) is 2.84. The number of cyclic esters (lactones) is 1. The lowest BCUT2D eigenvalue weighted by Gasteiger charge is -2.40. The first kappa shape index (κ1) is 20.9. The molecule has 1 fully saturated rings. The molecule has 6 atom stereocenters. The van der Waals surface area contributed by atoms with E-state index in [2.05, 4.69) is 13.2 Å². The second-order valence-electron chi connectivity index (χ2n) is 7.14. The summed E-state index contributed by atoms with van der Waals surface area (Å²) in [5, 5.41) is 21.7. The molecule has 27 heavy (non-hydrogen) atoms. The van der Waals surface area contributed by atoms with Gasteiger partial charge in [0.15, 0.2) is 0 Å². The lowest BCUT2D eigenvalue weighted by molar-refractivity contribution is -0.201. The van der Waals surface area contributed by atoms with Crippen LogP contribution in [0.1, 0.15) is 27.7 Å². The minimum Gasteiger partial charge on any atom is -0.456 e. The van der Waals surface area contributed by atoms with Crippen LogP contribution in [-0.4, -0.2) is 58.1 Å². The van der Waals surface area contributed by atoms with Gasteiger partial charge in [-0.15, -0.1) is 0 Å². The van der Waals surface area contributed by atoms with Crippen LogP contribution < -0.4 is 0 Å². The monoisotopic (exact) mass is 380 g/mol. The average molecular weight is 380 g/mol. The Morgan fingerprint density at radius 2 is 1.89 bits per heavy atom. The molecule has 2 rings (SSSR count). The van der Waals surface area contributed by atoms with Gasteiger partial charge in [-0.2, -0.15) is 0 Å². The maximum absolute atomic E-state index is 12.2. The number of carbonyl (C=O) groups is 3. The molecule has 0 spiro atoms. The molecule has 2 aliphatic heterocycles. The largest absolute Gasteiger partial charge is 0.456 e. The number of hydrogen-bond acceptors (Lipinski definition) is 8. The molecular formula is C19H24O8. The third kappa shape index (κ3) is 3.81. The minimum absolute atomic E-state index is 0.0417. The van der Waals surface area contributed by atoms with Gasteiger partial charge in [0.25, 0.3) is 0 Å². The van der Waals surface area contributed by atoms with E-state index in [4.69, 9.17) is 14.2 Å². The Morgan fingerprint density at radius 3 is 2.44 bits per heavy atom. The van der Waals surface area contributed by atoms with Crippen LogP contribution in [0.15, 0.2) is 36.0 Å². The summed E-state index contributed by atoms with van der Waals surface area (Å²) in [6.07, 6.45) is -3.92. The van der Waals surface area contributed by atoms with E-state index in [9.17, 15) is 24.6 Å². The van der Waals surface area contributed by atoms with Crippen LogP contribution in [0, 0.1) is 5.92 Å². The van der Waals surface area contributed by atoms with E-state index >= 15 is 0 Å². The normalized spacial score (nSPS) is 38.8. The smallest absolute Gasteiger partial charge is 0.334 e. The van der Waals surface area contributed by atoms with E-state index in [0.717, 1.165) is 0 Å². The Bertz CT molecular complexity index is 732. The van der Waals surface area contributed by atoms with Gasteiger partial charge in [0, 0.05) is 16.7 Å². The summed E-state index contributed by atoms with van der Waals surface area (Å²) in [7, 11) is 0. The second kappa shape index (κ2) is 7.28. The van der Waals surface area contributed by atoms with Crippen molar-refractivity contribution in [2.75, 3.05) is 0 Å². The number of aliphatic hydroxyl groups is 2. The van der Waals surface area contributed by atoms with Gasteiger partial charge in [-0.1, -0.05) is 13.2 Å². The van der Waals surface area contributed by atoms with Crippen molar-refractivity contribution in [3.63, 3.8) is 0 Å². The number of fused-ring (bicyclic) bond motifs is 1. The predicted molar refractivity (Wildman–Crippen MR) is 93.1 cm³/mol. The maximum Gasteiger partial charge on any atom is 0.334 e. The fraction of sp³-hybridized carbons (Fsp3) is 0.526. The molecule has 8 heteroatoms. The number of esters is 3. The summed E-state index contributed by atoms with van der Waals surface area (Å²) in [6.45, 7) is 12.7. The predicted octanol–water partition coefficient (Wildman–Crippen LogP) is 0.576. The van der Waals surface area contributed by atoms with Crippen LogP contribution in [0.3, 0.4) is 0 Å². The summed E-state index contributed by atoms with van der Waals surface area (Å²) in [5.41, 5.74) is -1.84. The summed E-state index contributed by atoms with van der Waals surface area (Å²) in [5.74, 6) is -3.31. The zero-order valence-corrected chi connectivity index (χ0v) is 15.7. The van der Waals surface area contributed by atoms with Gasteiger partial charge in [0.2, 0.25) is 0 Å². The fourth-order valence-corrected chi connectivity index (χ4v) is 2.95. The lowest BCUT2D eigenvalue weighted by Crippen LogP contribution is -2.58. The highest BCUT2D eigenvalue weighted by Crippen LogP contribution is 2.38. The molecule has 0 unspecified atom stereocenters. The quantitative estimate of drug-likeness (QED) is 0.405. The van der Waals surface area contributed by atoms with Crippen LogP contribution in [0.2, 0.25) is 0 Å². The molecule has 148 valence electrons. The molecule has 0 amide bonds. The molecule has 0 aliphatic carbocycles. The molecule has 0 aromatic carbocycles. The first-order valence-electron chi connectivity index (χ1n) is 8.44. The summed E-state index contributed by atoms with van der Waals surface area (Å²) in [4.78, 5) is 36.4. The highest BCUT2D eigenvalue weighted by molar-refractivity contribution is 5.93. The van der Waals surface area contributed by atoms with Gasteiger partial charge in [0.05, 0.1) is 5.92 Å². The van der Waals surface area contributed by atoms with Gasteiger partial charge in [-0.3, -0.25) is 0 Å². The number of hydrogen-bond donors (Lipinski definition) is 2. The molecule has 2 aliphatic rings. The minimum atomic E-state index is -2.00. The number of ether oxygens (including phenoxy) is 3. The fourth-order valence-electron chi connectivity index (χ4n) is 2.95. The second-order valence-corrected chi connectivity index (χ2v) is 7.14. The van der Waals surface area contributed by atoms with Crippen molar-refractivity contribution in [1.29, 1.82) is 0 Å². The number of rotatable bonds is 2. The molecule has 0 radical (unpaired) electrons. The maximum atomic E-state index is 12.2. The Labute approximate surface area is 157 Å². The lowest BCUT2D eigenvalue weighted by atomic mass is 9.79. The van der Waals surface area contributed by atoms with Crippen LogP contribution in [0.5, 0.6) is 0 Å². The third-order valence-electron chi connectivity index (χ3n) is 4.96. The SMILES string of the molecule is C=C(C)C(=O)O[C@H]1[C@H]2C(=C)C(=O)O[C@@H]2/C=C(/C)C(=O)O[C@H](C)[C@@](C)(O)[C@H]1O. The molecule has 0 saturated carbocycles. The van der Waals surface area contributed by atoms with Crippen LogP contribution in [0.25, 0.3) is 0 Å². The zero-order valence-electron chi connectivity index (χ0n) is 15.7. The van der Waals surface area contributed by atoms with Crippen LogP contribution >= 0.6 is 0 Å². The highest BCUT2D eigenvalue weighted by Gasteiger charge is 2.54. The molecule has 8 nitrogen and oxygen atoms in total. The van der Waals surface area contributed by atoms with Crippen molar-refractivity contribution in [3.05, 3.63) is 36.0 Å². The number of carbonyl (C=O) groups excluding carboxylic acids is 3. The van der Waals surface area contributed by atoms with Gasteiger partial charge in [0.1, 0.15) is 30.0 Å². The van der Waals surface area contributed by atoms with Crippen molar-refractivity contribution in [1.82, 2.24) is 0 Å². The van der Waals surface area contributed by atoms with Gasteiger partial charge in [-0.05, 0) is 33.8 Å². The van der Waals surface area contributed by atoms with Gasteiger partial charge in [-0.25, -0.2) is 14.4 Å². The van der Waals surface area contributed by atoms with E-state index in [1.165, 1.54) is 33.8 Å². The molecule has 0 aromatic heterocycles. The third-order valence-corrected chi connectivity index (χ3v) is 4.96. The highest BCUT2D eigenvalue weighted by atomic mass is 16.6. The Balaban J connectivity index is 2.61. The van der Waals surface area contributed by atoms with Crippen LogP contribution in [0.4, 0.5) is 0 Å². The van der Waals surface area contributed by atoms with Crippen molar-refractivity contribution in [2.24, 2.45) is 5.92 Å². The van der Waals surface area contributed by atoms with E-state index < -0.39 is 53.8 Å². The first-order valence-corrected chi connectivity index (χ1v) is 8.44. The summed E-state index contributed by atoms with van der Waals surface area (Å²) in [6, 6.07) is 0. The van der Waals surface area contributed by atoms with E-state index in [1.807, 2.05) is 0 Å². The molecule has 0 aromatic rings. The van der Waals surface area contributed by atoms with E-state index in [0.29, 0.717) is 0 Å². The Hall–Kier alpha value is -2.45. The van der Waals surface area contributed by atoms with Gasteiger partial charge < -0.3 is 24.4 Å². The molecule has 2 heterocycles. The van der Waals surface area contributed by atoms with Crippen molar-refractivity contribution in [3.8, 4) is 0 Å². The standard InChI is InChI=1S/C19H24O8/c1-8(2)16(21)27-14-13-10(4)18(23)26-12(13)7-9(3)17(22)25-11(5)19(6,24)15(14)20/h7,11-15,20,24H,1,4H2,2-3,5-6H3/b9-7-/t11-,12-,13+,14+,15+,19-/m1/s1. The first-order chi connectivity index (χ1) is 12.4. The number of aliphatic hydroxyl groups excluding tert-OH is 1. The van der Waals surface area contributed by atoms with Crippen molar-refractivity contribution >= 4 is 17.9 Å². The molecule has 2 N–H and O–H groups in total. The van der Waals surface area contributed by atoms with Crippen molar-refractivity contribution in [2.45, 2.75) is 57.7 Å². The van der Waals surface area contributed by atoms with E-state index in [-0.39, 0.29) is 16.7 Å². The molecule has 0 bridgehead atoms. The van der Waals surface area contributed by atoms with E-state index in [1.54, 1.807) is 0 Å². The molecule has 1 saturated heterocycles. The van der Waals surface area contributed by atoms with Gasteiger partial charge >= 0.3 is 17.9 Å². The Kier molecular flexibility index (Phi) is 5.63. The topological polar surface area (TPSA) is 119 Å². The molecular weight excluding hydrogens is 356 g/mol. The Morgan fingerprint density at radius 1 is 1.30 bits per heavy atom. The summed E-state index contributed by atoms with van der Waals surface area (Å²) < 4.78 is 15.8. The zero-order chi connectivity index (χ0) is 20.7. The van der Waals surface area contributed by atoms with Crippen LogP contribution in [-0.2, 0) is 28.6 Å². The summed E-state index contributed by atoms with van der Waals surface area (Å²) >= 11 is 0.